The van der Waals surface area contributed by atoms with Crippen LogP contribution in [-0.2, 0) is 29.0 Å². The summed E-state index contributed by atoms with van der Waals surface area (Å²) >= 11 is 8.08. The van der Waals surface area contributed by atoms with Crippen LogP contribution in [0.25, 0.3) is 0 Å². The fourth-order valence-electron chi connectivity index (χ4n) is 2.31. The van der Waals surface area contributed by atoms with Crippen molar-refractivity contribution in [3.8, 4) is 0 Å². The van der Waals surface area contributed by atoms with Crippen LogP contribution >= 0.6 is 22.9 Å². The van der Waals surface area contributed by atoms with E-state index in [4.69, 9.17) is 16.4 Å². The standard InChI is InChI=1S/C14H14ClNS.C2H4O2/c15-13-4-2-1-3-11(13)9-16-7-5-14-12(10-16)6-8-17-14;1-4-2-3/h1-4,6,8H,5,7,9-10H2;2H,1H3. The molecule has 0 N–H and O–H groups in total. The molecular formula is C16H18ClNO2S. The summed E-state index contributed by atoms with van der Waals surface area (Å²) in [6.45, 7) is 3.53. The van der Waals surface area contributed by atoms with Crippen molar-refractivity contribution < 1.29 is 9.53 Å². The Labute approximate surface area is 134 Å². The molecule has 1 aromatic heterocycles. The van der Waals surface area contributed by atoms with E-state index in [0.29, 0.717) is 6.47 Å². The minimum Gasteiger partial charge on any atom is -0.471 e. The third-order valence-electron chi connectivity index (χ3n) is 3.33. The minimum absolute atomic E-state index is 0.375. The van der Waals surface area contributed by atoms with Crippen LogP contribution in [0, 0.1) is 0 Å². The predicted octanol–water partition coefficient (Wildman–Crippen LogP) is 3.75. The highest BCUT2D eigenvalue weighted by atomic mass is 35.5. The molecule has 1 aliphatic rings. The lowest BCUT2D eigenvalue weighted by Crippen LogP contribution is -2.29. The first kappa shape index (κ1) is 16.0. The van der Waals surface area contributed by atoms with Crippen LogP contribution < -0.4 is 0 Å². The molecule has 0 radical (unpaired) electrons. The third-order valence-corrected chi connectivity index (χ3v) is 4.73. The maximum atomic E-state index is 8.95. The fourth-order valence-corrected chi connectivity index (χ4v) is 3.39. The first-order chi connectivity index (χ1) is 10.2. The summed E-state index contributed by atoms with van der Waals surface area (Å²) in [7, 11) is 1.31. The molecule has 112 valence electrons. The van der Waals surface area contributed by atoms with Gasteiger partial charge in [-0.15, -0.1) is 11.3 Å². The highest BCUT2D eigenvalue weighted by Crippen LogP contribution is 2.26. The number of fused-ring (bicyclic) bond motifs is 1. The van der Waals surface area contributed by atoms with Gasteiger partial charge in [0.2, 0.25) is 0 Å². The van der Waals surface area contributed by atoms with E-state index >= 15 is 0 Å². The molecule has 2 aromatic rings. The van der Waals surface area contributed by atoms with Crippen molar-refractivity contribution in [2.75, 3.05) is 13.7 Å². The molecule has 5 heteroatoms. The van der Waals surface area contributed by atoms with Gasteiger partial charge in [0.1, 0.15) is 0 Å². The Morgan fingerprint density at radius 1 is 1.38 bits per heavy atom. The van der Waals surface area contributed by atoms with Crippen molar-refractivity contribution in [1.29, 1.82) is 0 Å². The fraction of sp³-hybridized carbons (Fsp3) is 0.312. The van der Waals surface area contributed by atoms with Gasteiger partial charge in [-0.2, -0.15) is 0 Å². The average molecular weight is 324 g/mol. The first-order valence-electron chi connectivity index (χ1n) is 6.72. The molecule has 3 nitrogen and oxygen atoms in total. The van der Waals surface area contributed by atoms with Crippen molar-refractivity contribution in [3.63, 3.8) is 0 Å². The number of nitrogens with zero attached hydrogens (tertiary/aromatic N) is 1. The number of carbonyl (C=O) groups is 1. The number of rotatable bonds is 3. The number of thiophene rings is 1. The summed E-state index contributed by atoms with van der Waals surface area (Å²) in [5.74, 6) is 0. The highest BCUT2D eigenvalue weighted by molar-refractivity contribution is 7.10. The monoisotopic (exact) mass is 323 g/mol. The summed E-state index contributed by atoms with van der Waals surface area (Å²) < 4.78 is 3.86. The number of hydrogen-bond acceptors (Lipinski definition) is 4. The zero-order valence-electron chi connectivity index (χ0n) is 11.9. The van der Waals surface area contributed by atoms with Crippen LogP contribution in [0.1, 0.15) is 16.0 Å². The largest absolute Gasteiger partial charge is 0.471 e. The van der Waals surface area contributed by atoms with E-state index in [1.54, 1.807) is 4.88 Å². The van der Waals surface area contributed by atoms with Crippen molar-refractivity contribution in [2.24, 2.45) is 0 Å². The number of methoxy groups -OCH3 is 1. The molecule has 3 rings (SSSR count). The van der Waals surface area contributed by atoms with Gasteiger partial charge in [0, 0.05) is 29.5 Å². The first-order valence-corrected chi connectivity index (χ1v) is 7.97. The predicted molar refractivity (Wildman–Crippen MR) is 86.7 cm³/mol. The zero-order valence-corrected chi connectivity index (χ0v) is 13.5. The Morgan fingerprint density at radius 3 is 2.86 bits per heavy atom. The van der Waals surface area contributed by atoms with Crippen molar-refractivity contribution in [2.45, 2.75) is 19.5 Å². The smallest absolute Gasteiger partial charge is 0.292 e. The zero-order chi connectivity index (χ0) is 15.1. The lowest BCUT2D eigenvalue weighted by Gasteiger charge is -2.27. The van der Waals surface area contributed by atoms with Gasteiger partial charge >= 0.3 is 0 Å². The lowest BCUT2D eigenvalue weighted by molar-refractivity contribution is -0.126. The molecule has 0 spiro atoms. The maximum absolute atomic E-state index is 8.95. The summed E-state index contributed by atoms with van der Waals surface area (Å²) in [6, 6.07) is 10.4. The third kappa shape index (κ3) is 4.56. The molecule has 0 unspecified atom stereocenters. The van der Waals surface area contributed by atoms with Crippen molar-refractivity contribution in [1.82, 2.24) is 4.90 Å². The minimum atomic E-state index is 0.375. The Kier molecular flexibility index (Phi) is 6.23. The van der Waals surface area contributed by atoms with Gasteiger partial charge in [-0.25, -0.2) is 0 Å². The van der Waals surface area contributed by atoms with Crippen LogP contribution in [0.2, 0.25) is 5.02 Å². The van der Waals surface area contributed by atoms with Gasteiger partial charge < -0.3 is 4.74 Å². The summed E-state index contributed by atoms with van der Waals surface area (Å²) in [5, 5.41) is 3.08. The van der Waals surface area contributed by atoms with Gasteiger partial charge in [-0.1, -0.05) is 29.8 Å². The Morgan fingerprint density at radius 2 is 2.14 bits per heavy atom. The van der Waals surface area contributed by atoms with Gasteiger partial charge in [0.25, 0.3) is 6.47 Å². The van der Waals surface area contributed by atoms with Crippen LogP contribution in [-0.4, -0.2) is 25.0 Å². The molecule has 0 aliphatic carbocycles. The molecule has 0 saturated heterocycles. The lowest BCUT2D eigenvalue weighted by atomic mass is 10.1. The molecule has 21 heavy (non-hydrogen) atoms. The topological polar surface area (TPSA) is 29.5 Å². The average Bonchev–Trinajstić information content (AvgIpc) is 2.97. The number of halogens is 1. The maximum Gasteiger partial charge on any atom is 0.292 e. The summed E-state index contributed by atoms with van der Waals surface area (Å²) in [6.07, 6.45) is 1.18. The van der Waals surface area contributed by atoms with Crippen LogP contribution in [0.5, 0.6) is 0 Å². The van der Waals surface area contributed by atoms with E-state index in [-0.39, 0.29) is 0 Å². The van der Waals surface area contributed by atoms with Gasteiger partial charge in [0.15, 0.2) is 0 Å². The van der Waals surface area contributed by atoms with E-state index in [2.05, 4.69) is 33.2 Å². The van der Waals surface area contributed by atoms with Crippen LogP contribution in [0.3, 0.4) is 0 Å². The number of carbonyl (C=O) groups excluding carboxylic acids is 1. The normalized spacial score (nSPS) is 13.8. The Balaban J connectivity index is 0.000000361. The molecule has 0 amide bonds. The molecule has 0 saturated carbocycles. The van der Waals surface area contributed by atoms with Gasteiger partial charge in [-0.3, -0.25) is 9.69 Å². The molecule has 2 heterocycles. The Hall–Kier alpha value is -1.36. The second-order valence-corrected chi connectivity index (χ2v) is 6.16. The van der Waals surface area contributed by atoms with E-state index < -0.39 is 0 Å². The summed E-state index contributed by atoms with van der Waals surface area (Å²) in [5.41, 5.74) is 2.72. The van der Waals surface area contributed by atoms with Crippen LogP contribution in [0.4, 0.5) is 0 Å². The van der Waals surface area contributed by atoms with E-state index in [1.165, 1.54) is 24.7 Å². The van der Waals surface area contributed by atoms with E-state index in [9.17, 15) is 0 Å². The van der Waals surface area contributed by atoms with E-state index in [1.807, 2.05) is 23.5 Å². The number of hydrogen-bond donors (Lipinski definition) is 0. The second kappa shape index (κ2) is 8.17. The molecule has 1 aliphatic heterocycles. The van der Waals surface area contributed by atoms with Gasteiger partial charge in [-0.05, 0) is 35.1 Å². The van der Waals surface area contributed by atoms with E-state index in [0.717, 1.165) is 24.7 Å². The summed E-state index contributed by atoms with van der Waals surface area (Å²) in [4.78, 5) is 13.0. The molecule has 0 fully saturated rings. The van der Waals surface area contributed by atoms with Gasteiger partial charge in [0.05, 0.1) is 7.11 Å². The number of benzene rings is 1. The van der Waals surface area contributed by atoms with Crippen LogP contribution in [0.15, 0.2) is 35.7 Å². The number of ether oxygens (including phenoxy) is 1. The highest BCUT2D eigenvalue weighted by Gasteiger charge is 2.17. The quantitative estimate of drug-likeness (QED) is 0.806. The second-order valence-electron chi connectivity index (χ2n) is 4.75. The van der Waals surface area contributed by atoms with Crippen molar-refractivity contribution in [3.05, 3.63) is 56.7 Å². The molecule has 1 aromatic carbocycles. The molecule has 0 bridgehead atoms. The SMILES string of the molecule is COC=O.Clc1ccccc1CN1CCc2sccc2C1. The molecule has 0 atom stereocenters. The molecular weight excluding hydrogens is 306 g/mol. The van der Waals surface area contributed by atoms with Crippen molar-refractivity contribution >= 4 is 29.4 Å². The Bertz CT molecular complexity index is 585.